The van der Waals surface area contributed by atoms with E-state index in [4.69, 9.17) is 4.74 Å². The molecule has 1 atom stereocenters. The molecule has 3 aromatic carbocycles. The lowest BCUT2D eigenvalue weighted by Gasteiger charge is -2.21. The van der Waals surface area contributed by atoms with Gasteiger partial charge in [-0.3, -0.25) is 9.59 Å². The first-order valence-electron chi connectivity index (χ1n) is 9.45. The largest absolute Gasteiger partial charge is 0.452 e. The molecule has 0 fully saturated rings. The maximum absolute atomic E-state index is 13.1. The number of hydrogen-bond donors (Lipinski definition) is 1. The molecular weight excluding hydrogens is 369 g/mol. The Labute approximate surface area is 169 Å². The maximum Gasteiger partial charge on any atom is 0.318 e. The van der Waals surface area contributed by atoms with Gasteiger partial charge in [0.1, 0.15) is 11.7 Å². The standard InChI is InChI=1S/C24H22FNO3/c1-2-21(23(27)26-20-15-13-19(25)14-16-20)29-24(28)22(17-9-5-3-6-10-17)18-11-7-4-8-12-18/h3-16,21-22H,2H2,1H3,(H,26,27)/t21-/m1/s1. The van der Waals surface area contributed by atoms with E-state index in [-0.39, 0.29) is 0 Å². The van der Waals surface area contributed by atoms with Crippen LogP contribution in [0.25, 0.3) is 0 Å². The Morgan fingerprint density at radius 3 is 1.86 bits per heavy atom. The van der Waals surface area contributed by atoms with Crippen molar-refractivity contribution in [3.8, 4) is 0 Å². The summed E-state index contributed by atoms with van der Waals surface area (Å²) >= 11 is 0. The van der Waals surface area contributed by atoms with Crippen LogP contribution in [0.5, 0.6) is 0 Å². The Kier molecular flexibility index (Phi) is 6.74. The molecule has 4 nitrogen and oxygen atoms in total. The number of ether oxygens (including phenoxy) is 1. The zero-order chi connectivity index (χ0) is 20.6. The highest BCUT2D eigenvalue weighted by Crippen LogP contribution is 2.27. The number of rotatable bonds is 7. The second-order valence-electron chi connectivity index (χ2n) is 6.58. The van der Waals surface area contributed by atoms with Crippen LogP contribution in [0, 0.1) is 5.82 Å². The van der Waals surface area contributed by atoms with Crippen molar-refractivity contribution in [3.63, 3.8) is 0 Å². The minimum atomic E-state index is -0.956. The molecule has 1 N–H and O–H groups in total. The topological polar surface area (TPSA) is 55.4 Å². The molecule has 5 heteroatoms. The maximum atomic E-state index is 13.1. The van der Waals surface area contributed by atoms with Crippen molar-refractivity contribution in [2.45, 2.75) is 25.4 Å². The van der Waals surface area contributed by atoms with Crippen LogP contribution < -0.4 is 5.32 Å². The van der Waals surface area contributed by atoms with Crippen molar-refractivity contribution >= 4 is 17.6 Å². The Morgan fingerprint density at radius 1 is 0.862 bits per heavy atom. The number of anilines is 1. The fourth-order valence-electron chi connectivity index (χ4n) is 3.04. The highest BCUT2D eigenvalue weighted by atomic mass is 19.1. The average molecular weight is 391 g/mol. The van der Waals surface area contributed by atoms with Crippen LogP contribution >= 0.6 is 0 Å². The monoisotopic (exact) mass is 391 g/mol. The highest BCUT2D eigenvalue weighted by Gasteiger charge is 2.29. The molecule has 0 aliphatic heterocycles. The molecule has 0 spiro atoms. The van der Waals surface area contributed by atoms with Crippen molar-refractivity contribution in [2.75, 3.05) is 5.32 Å². The predicted molar refractivity (Wildman–Crippen MR) is 110 cm³/mol. The third kappa shape index (κ3) is 5.29. The molecule has 3 aromatic rings. The van der Waals surface area contributed by atoms with Gasteiger partial charge in [0.15, 0.2) is 6.10 Å². The zero-order valence-electron chi connectivity index (χ0n) is 16.0. The predicted octanol–water partition coefficient (Wildman–Crippen LogP) is 4.92. The van der Waals surface area contributed by atoms with Gasteiger partial charge >= 0.3 is 5.97 Å². The van der Waals surface area contributed by atoms with Crippen molar-refractivity contribution in [1.29, 1.82) is 0 Å². The Bertz CT molecular complexity index is 903. The van der Waals surface area contributed by atoms with Crippen molar-refractivity contribution in [2.24, 2.45) is 0 Å². The second-order valence-corrected chi connectivity index (χ2v) is 6.58. The third-order valence-corrected chi connectivity index (χ3v) is 4.53. The molecule has 0 bridgehead atoms. The normalized spacial score (nSPS) is 11.7. The van der Waals surface area contributed by atoms with Crippen LogP contribution in [-0.2, 0) is 14.3 Å². The van der Waals surface area contributed by atoms with Crippen LogP contribution in [0.15, 0.2) is 84.9 Å². The van der Waals surface area contributed by atoms with Crippen LogP contribution in [0.1, 0.15) is 30.4 Å². The smallest absolute Gasteiger partial charge is 0.318 e. The number of hydrogen-bond acceptors (Lipinski definition) is 3. The number of nitrogens with one attached hydrogen (secondary N) is 1. The molecule has 0 heterocycles. The van der Waals surface area contributed by atoms with E-state index in [0.717, 1.165) is 11.1 Å². The van der Waals surface area contributed by atoms with Crippen molar-refractivity contribution in [3.05, 3.63) is 102 Å². The van der Waals surface area contributed by atoms with Crippen LogP contribution in [0.3, 0.4) is 0 Å². The molecule has 0 radical (unpaired) electrons. The third-order valence-electron chi connectivity index (χ3n) is 4.53. The van der Waals surface area contributed by atoms with E-state index in [0.29, 0.717) is 12.1 Å². The van der Waals surface area contributed by atoms with Gasteiger partial charge in [-0.05, 0) is 41.8 Å². The van der Waals surface area contributed by atoms with Crippen LogP contribution in [-0.4, -0.2) is 18.0 Å². The van der Waals surface area contributed by atoms with Gasteiger partial charge in [-0.2, -0.15) is 0 Å². The number of carbonyl (C=O) groups excluding carboxylic acids is 2. The van der Waals surface area contributed by atoms with E-state index in [1.54, 1.807) is 6.92 Å². The number of esters is 1. The summed E-state index contributed by atoms with van der Waals surface area (Å²) in [5.74, 6) is -1.98. The fraction of sp³-hybridized carbons (Fsp3) is 0.167. The lowest BCUT2D eigenvalue weighted by Crippen LogP contribution is -2.34. The first-order chi connectivity index (χ1) is 14.1. The lowest BCUT2D eigenvalue weighted by atomic mass is 9.91. The molecule has 148 valence electrons. The van der Waals surface area contributed by atoms with Gasteiger partial charge in [0.05, 0.1) is 0 Å². The molecule has 0 aliphatic carbocycles. The van der Waals surface area contributed by atoms with Gasteiger partial charge in [0.2, 0.25) is 0 Å². The molecule has 3 rings (SSSR count). The minimum absolute atomic E-state index is 0.315. The highest BCUT2D eigenvalue weighted by molar-refractivity contribution is 5.96. The molecule has 0 saturated heterocycles. The zero-order valence-corrected chi connectivity index (χ0v) is 16.0. The molecule has 0 aliphatic rings. The summed E-state index contributed by atoms with van der Waals surface area (Å²) in [4.78, 5) is 25.6. The summed E-state index contributed by atoms with van der Waals surface area (Å²) < 4.78 is 18.7. The molecule has 0 aromatic heterocycles. The quantitative estimate of drug-likeness (QED) is 0.582. The summed E-state index contributed by atoms with van der Waals surface area (Å²) in [7, 11) is 0. The van der Waals surface area contributed by atoms with Crippen LogP contribution in [0.2, 0.25) is 0 Å². The van der Waals surface area contributed by atoms with Gasteiger partial charge in [-0.15, -0.1) is 0 Å². The minimum Gasteiger partial charge on any atom is -0.452 e. The van der Waals surface area contributed by atoms with E-state index < -0.39 is 29.7 Å². The van der Waals surface area contributed by atoms with E-state index in [9.17, 15) is 14.0 Å². The Morgan fingerprint density at radius 2 is 1.38 bits per heavy atom. The average Bonchev–Trinajstić information content (AvgIpc) is 2.75. The lowest BCUT2D eigenvalue weighted by molar-refractivity contribution is -0.155. The molecular formula is C24H22FNO3. The van der Waals surface area contributed by atoms with Crippen molar-refractivity contribution < 1.29 is 18.7 Å². The van der Waals surface area contributed by atoms with Gasteiger partial charge < -0.3 is 10.1 Å². The van der Waals surface area contributed by atoms with Gasteiger partial charge in [-0.25, -0.2) is 4.39 Å². The summed E-state index contributed by atoms with van der Waals surface area (Å²) in [6.45, 7) is 1.77. The van der Waals surface area contributed by atoms with E-state index >= 15 is 0 Å². The van der Waals surface area contributed by atoms with Gasteiger partial charge in [-0.1, -0.05) is 67.6 Å². The molecule has 0 saturated carbocycles. The Balaban J connectivity index is 1.78. The fourth-order valence-corrected chi connectivity index (χ4v) is 3.04. The SMILES string of the molecule is CC[C@@H](OC(=O)C(c1ccccc1)c1ccccc1)C(=O)Nc1ccc(F)cc1. The van der Waals surface area contributed by atoms with E-state index in [2.05, 4.69) is 5.32 Å². The summed E-state index contributed by atoms with van der Waals surface area (Å²) in [6.07, 6.45) is -0.641. The number of carbonyl (C=O) groups is 2. The molecule has 1 amide bonds. The molecule has 29 heavy (non-hydrogen) atoms. The first kappa shape index (κ1) is 20.3. The Hall–Kier alpha value is -3.47. The summed E-state index contributed by atoms with van der Waals surface area (Å²) in [5, 5.41) is 2.66. The summed E-state index contributed by atoms with van der Waals surface area (Å²) in [6, 6.07) is 24.0. The van der Waals surface area contributed by atoms with Crippen molar-refractivity contribution in [1.82, 2.24) is 0 Å². The van der Waals surface area contributed by atoms with Gasteiger partial charge in [0, 0.05) is 5.69 Å². The van der Waals surface area contributed by atoms with Gasteiger partial charge in [0.25, 0.3) is 5.91 Å². The first-order valence-corrected chi connectivity index (χ1v) is 9.45. The van der Waals surface area contributed by atoms with E-state index in [1.807, 2.05) is 60.7 Å². The number of amides is 1. The van der Waals surface area contributed by atoms with E-state index in [1.165, 1.54) is 24.3 Å². The summed E-state index contributed by atoms with van der Waals surface area (Å²) in [5.41, 5.74) is 2.02. The number of benzene rings is 3. The number of halogens is 1. The van der Waals surface area contributed by atoms with Crippen LogP contribution in [0.4, 0.5) is 10.1 Å². The second kappa shape index (κ2) is 9.64. The molecule has 0 unspecified atom stereocenters.